The molecule has 1 aliphatic rings. The number of nitrogens with zero attached hydrogens (tertiary/aromatic N) is 2. The van der Waals surface area contributed by atoms with Gasteiger partial charge in [0.2, 0.25) is 11.8 Å². The molecule has 0 radical (unpaired) electrons. The van der Waals surface area contributed by atoms with Crippen LogP contribution in [0.15, 0.2) is 70.1 Å². The molecule has 10 heteroatoms. The van der Waals surface area contributed by atoms with Gasteiger partial charge in [0.25, 0.3) is 0 Å². The van der Waals surface area contributed by atoms with Gasteiger partial charge in [0.15, 0.2) is 6.26 Å². The molecule has 5 aromatic rings. The third-order valence-electron chi connectivity index (χ3n) is 7.68. The minimum Gasteiger partial charge on any atom is -0.497 e. The third-order valence-corrected chi connectivity index (χ3v) is 9.24. The molecule has 2 atom stereocenters. The van der Waals surface area contributed by atoms with Gasteiger partial charge >= 0.3 is 5.76 Å². The van der Waals surface area contributed by atoms with Crippen LogP contribution >= 0.6 is 22.9 Å². The zero-order chi connectivity index (χ0) is 28.7. The Morgan fingerprint density at radius 1 is 1.24 bits per heavy atom. The number of carbonyl (C=O) groups is 1. The van der Waals surface area contributed by atoms with Crippen molar-refractivity contribution in [1.82, 2.24) is 14.9 Å². The van der Waals surface area contributed by atoms with Crippen molar-refractivity contribution in [1.29, 1.82) is 0 Å². The fraction of sp³-hybridized carbons (Fsp3) is 0.258. The Labute approximate surface area is 245 Å². The average Bonchev–Trinajstić information content (AvgIpc) is 3.51. The van der Waals surface area contributed by atoms with E-state index in [1.807, 2.05) is 61.5 Å². The summed E-state index contributed by atoms with van der Waals surface area (Å²) in [5.41, 5.74) is 4.35. The number of halogens is 1. The molecule has 1 amide bonds. The number of ether oxygens (including phenoxy) is 1. The molecule has 6 rings (SSSR count). The Morgan fingerprint density at radius 2 is 2.00 bits per heavy atom. The van der Waals surface area contributed by atoms with Crippen LogP contribution in [0.5, 0.6) is 11.6 Å². The van der Waals surface area contributed by atoms with Gasteiger partial charge in [-0.3, -0.25) is 4.79 Å². The molecular formula is C31H28ClN3O5S. The highest BCUT2D eigenvalue weighted by molar-refractivity contribution is 7.19. The molecule has 0 aliphatic heterocycles. The normalized spacial score (nSPS) is 15.4. The van der Waals surface area contributed by atoms with Gasteiger partial charge in [-0.1, -0.05) is 54.1 Å². The molecule has 0 bridgehead atoms. The number of methoxy groups -OCH3 is 1. The summed E-state index contributed by atoms with van der Waals surface area (Å²) < 4.78 is 11.3. The number of aryl methyl sites for hydroxylation is 1. The first-order valence-corrected chi connectivity index (χ1v) is 14.5. The summed E-state index contributed by atoms with van der Waals surface area (Å²) in [6.45, 7) is 1.95. The van der Waals surface area contributed by atoms with Crippen LogP contribution < -0.4 is 15.8 Å². The largest absolute Gasteiger partial charge is 0.497 e. The summed E-state index contributed by atoms with van der Waals surface area (Å²) in [5, 5.41) is 14.7. The lowest BCUT2D eigenvalue weighted by molar-refractivity contribution is -0.126. The predicted molar refractivity (Wildman–Crippen MR) is 159 cm³/mol. The first-order chi connectivity index (χ1) is 19.8. The Balaban J connectivity index is 1.39. The fourth-order valence-corrected chi connectivity index (χ4v) is 7.10. The second kappa shape index (κ2) is 11.1. The SMILES string of the molecule is COc1ccc(-c2c(Cl)c(Cn3c(O)coc3=O)nc3sc4c(c23)CC[C@H](C(=O)N[C@H](C)c2ccccc2)C4)cc1. The molecule has 0 unspecified atom stereocenters. The molecule has 3 aromatic heterocycles. The highest BCUT2D eigenvalue weighted by Gasteiger charge is 2.31. The monoisotopic (exact) mass is 589 g/mol. The summed E-state index contributed by atoms with van der Waals surface area (Å²) in [4.78, 5) is 32.2. The van der Waals surface area contributed by atoms with Crippen LogP contribution in [0.25, 0.3) is 21.3 Å². The maximum absolute atomic E-state index is 13.3. The van der Waals surface area contributed by atoms with Gasteiger partial charge in [-0.05, 0) is 55.0 Å². The number of aromatic hydroxyl groups is 1. The van der Waals surface area contributed by atoms with Crippen LogP contribution in [-0.2, 0) is 24.2 Å². The van der Waals surface area contributed by atoms with E-state index in [9.17, 15) is 14.7 Å². The second-order valence-electron chi connectivity index (χ2n) is 10.2. The van der Waals surface area contributed by atoms with Crippen molar-refractivity contribution in [2.45, 2.75) is 38.8 Å². The standard InChI is InChI=1S/C31H28ClN3O5S/c1-17(18-6-4-3-5-7-18)33-29(37)20-10-13-22-24(14-20)41-30-27(22)26(19-8-11-21(39-2)12-9-19)28(32)23(34-30)15-35-25(36)16-40-31(35)38/h3-9,11-12,16-17,20,36H,10,13-15H2,1-2H3,(H,33,37)/t17-,20+/m1/s1. The fourth-order valence-electron chi connectivity index (χ4n) is 5.47. The molecular weight excluding hydrogens is 562 g/mol. The highest BCUT2D eigenvalue weighted by Crippen LogP contribution is 2.46. The van der Waals surface area contributed by atoms with E-state index in [0.29, 0.717) is 23.6 Å². The number of carbonyl (C=O) groups excluding carboxylic acids is 1. The third kappa shape index (κ3) is 5.11. The Bertz CT molecular complexity index is 1790. The lowest BCUT2D eigenvalue weighted by Gasteiger charge is -2.24. The molecule has 0 spiro atoms. The minimum atomic E-state index is -0.699. The van der Waals surface area contributed by atoms with Crippen LogP contribution in [0.3, 0.4) is 0 Å². The van der Waals surface area contributed by atoms with Crippen molar-refractivity contribution in [3.8, 4) is 22.8 Å². The number of hydrogen-bond acceptors (Lipinski definition) is 7. The van der Waals surface area contributed by atoms with Crippen molar-refractivity contribution in [3.05, 3.63) is 98.1 Å². The van der Waals surface area contributed by atoms with E-state index in [1.165, 1.54) is 0 Å². The van der Waals surface area contributed by atoms with E-state index in [2.05, 4.69) is 5.32 Å². The van der Waals surface area contributed by atoms with Crippen LogP contribution in [-0.4, -0.2) is 27.7 Å². The molecule has 8 nitrogen and oxygen atoms in total. The number of pyridine rings is 1. The minimum absolute atomic E-state index is 0.0429. The van der Waals surface area contributed by atoms with Crippen molar-refractivity contribution >= 4 is 39.1 Å². The van der Waals surface area contributed by atoms with Crippen molar-refractivity contribution in [3.63, 3.8) is 0 Å². The highest BCUT2D eigenvalue weighted by atomic mass is 35.5. The number of aromatic nitrogens is 2. The van der Waals surface area contributed by atoms with Gasteiger partial charge < -0.3 is 19.6 Å². The second-order valence-corrected chi connectivity index (χ2v) is 11.6. The molecule has 0 saturated heterocycles. The average molecular weight is 590 g/mol. The Kier molecular flexibility index (Phi) is 7.32. The summed E-state index contributed by atoms with van der Waals surface area (Å²) >= 11 is 8.58. The van der Waals surface area contributed by atoms with Crippen LogP contribution in [0.1, 0.15) is 41.1 Å². The number of oxazole rings is 1. The number of nitrogens with one attached hydrogen (secondary N) is 1. The van der Waals surface area contributed by atoms with Crippen LogP contribution in [0, 0.1) is 5.92 Å². The van der Waals surface area contributed by atoms with Gasteiger partial charge in [0, 0.05) is 21.7 Å². The Morgan fingerprint density at radius 3 is 2.68 bits per heavy atom. The first kappa shape index (κ1) is 27.1. The maximum Gasteiger partial charge on any atom is 0.422 e. The predicted octanol–water partition coefficient (Wildman–Crippen LogP) is 6.12. The molecule has 2 N–H and O–H groups in total. The number of hydrogen-bond donors (Lipinski definition) is 2. The quantitative estimate of drug-likeness (QED) is 0.237. The molecule has 210 valence electrons. The number of amides is 1. The molecule has 41 heavy (non-hydrogen) atoms. The topological polar surface area (TPSA) is 107 Å². The lowest BCUT2D eigenvalue weighted by atomic mass is 9.85. The molecule has 3 heterocycles. The summed E-state index contributed by atoms with van der Waals surface area (Å²) in [5.74, 6) is -0.390. The van der Waals surface area contributed by atoms with Crippen LogP contribution in [0.2, 0.25) is 5.02 Å². The van der Waals surface area contributed by atoms with E-state index in [0.717, 1.165) is 60.3 Å². The molecule has 1 aliphatic carbocycles. The van der Waals surface area contributed by atoms with E-state index in [1.54, 1.807) is 18.4 Å². The van der Waals surface area contributed by atoms with Gasteiger partial charge in [-0.15, -0.1) is 11.3 Å². The van der Waals surface area contributed by atoms with Crippen molar-refractivity contribution in [2.75, 3.05) is 7.11 Å². The number of thiophene rings is 1. The van der Waals surface area contributed by atoms with E-state index >= 15 is 0 Å². The van der Waals surface area contributed by atoms with E-state index in [-0.39, 0.29) is 30.3 Å². The van der Waals surface area contributed by atoms with E-state index in [4.69, 9.17) is 25.7 Å². The van der Waals surface area contributed by atoms with Crippen LogP contribution in [0.4, 0.5) is 0 Å². The smallest absolute Gasteiger partial charge is 0.422 e. The van der Waals surface area contributed by atoms with Gasteiger partial charge in [-0.25, -0.2) is 14.3 Å². The van der Waals surface area contributed by atoms with Crippen molar-refractivity contribution < 1.29 is 19.1 Å². The molecule has 2 aromatic carbocycles. The first-order valence-electron chi connectivity index (χ1n) is 13.3. The molecule has 0 saturated carbocycles. The Hall–Kier alpha value is -4.08. The zero-order valence-corrected chi connectivity index (χ0v) is 24.1. The summed E-state index contributed by atoms with van der Waals surface area (Å²) in [6.07, 6.45) is 3.04. The number of rotatable bonds is 7. The van der Waals surface area contributed by atoms with Gasteiger partial charge in [-0.2, -0.15) is 0 Å². The van der Waals surface area contributed by atoms with Crippen molar-refractivity contribution in [2.24, 2.45) is 5.92 Å². The van der Waals surface area contributed by atoms with Gasteiger partial charge in [0.1, 0.15) is 10.6 Å². The van der Waals surface area contributed by atoms with E-state index < -0.39 is 5.76 Å². The summed E-state index contributed by atoms with van der Waals surface area (Å²) in [6, 6.07) is 17.5. The lowest BCUT2D eigenvalue weighted by Crippen LogP contribution is -2.35. The zero-order valence-electron chi connectivity index (χ0n) is 22.5. The summed E-state index contributed by atoms with van der Waals surface area (Å²) in [7, 11) is 1.61. The number of fused-ring (bicyclic) bond motifs is 3. The maximum atomic E-state index is 13.3. The molecule has 0 fully saturated rings. The van der Waals surface area contributed by atoms with Gasteiger partial charge in [0.05, 0.1) is 30.4 Å². The number of benzene rings is 2.